The Morgan fingerprint density at radius 2 is 2.06 bits per heavy atom. The number of aromatic carboxylic acids is 1. The second kappa shape index (κ2) is 4.12. The maximum Gasteiger partial charge on any atom is 0.335 e. The normalized spacial score (nSPS) is 13.8. The SMILES string of the molecule is CC(n1cnc2ccc(C(=O)O)cc21)C(C)(C)C. The Labute approximate surface area is 106 Å². The fourth-order valence-corrected chi connectivity index (χ4v) is 1.88. The third kappa shape index (κ3) is 2.10. The number of carboxylic acid groups (broad SMARTS) is 1. The lowest BCUT2D eigenvalue weighted by molar-refractivity contribution is 0.0697. The van der Waals surface area contributed by atoms with Gasteiger partial charge in [-0.05, 0) is 30.5 Å². The molecular formula is C14H18N2O2. The van der Waals surface area contributed by atoms with Gasteiger partial charge >= 0.3 is 5.97 Å². The van der Waals surface area contributed by atoms with Gasteiger partial charge in [0.05, 0.1) is 22.9 Å². The van der Waals surface area contributed by atoms with Crippen LogP contribution in [0.25, 0.3) is 11.0 Å². The molecule has 0 aliphatic heterocycles. The summed E-state index contributed by atoms with van der Waals surface area (Å²) in [7, 11) is 0. The van der Waals surface area contributed by atoms with Crippen LogP contribution in [0.4, 0.5) is 0 Å². The molecule has 18 heavy (non-hydrogen) atoms. The fraction of sp³-hybridized carbons (Fsp3) is 0.429. The van der Waals surface area contributed by atoms with Crippen LogP contribution in [-0.4, -0.2) is 20.6 Å². The maximum atomic E-state index is 11.0. The number of imidazole rings is 1. The van der Waals surface area contributed by atoms with Crippen molar-refractivity contribution in [3.05, 3.63) is 30.1 Å². The van der Waals surface area contributed by atoms with E-state index in [4.69, 9.17) is 5.11 Å². The molecule has 1 heterocycles. The molecule has 2 rings (SSSR count). The van der Waals surface area contributed by atoms with E-state index in [1.165, 1.54) is 0 Å². The zero-order chi connectivity index (χ0) is 13.5. The number of aromatic nitrogens is 2. The van der Waals surface area contributed by atoms with Crippen molar-refractivity contribution in [3.8, 4) is 0 Å². The van der Waals surface area contributed by atoms with E-state index in [0.29, 0.717) is 5.56 Å². The molecule has 96 valence electrons. The first-order valence-electron chi connectivity index (χ1n) is 6.00. The van der Waals surface area contributed by atoms with Crippen LogP contribution in [0.3, 0.4) is 0 Å². The third-order valence-electron chi connectivity index (χ3n) is 3.49. The molecule has 0 bridgehead atoms. The zero-order valence-electron chi connectivity index (χ0n) is 11.1. The van der Waals surface area contributed by atoms with Gasteiger partial charge in [0, 0.05) is 6.04 Å². The number of fused-ring (bicyclic) bond motifs is 1. The summed E-state index contributed by atoms with van der Waals surface area (Å²) in [5.74, 6) is -0.909. The predicted molar refractivity (Wildman–Crippen MR) is 70.9 cm³/mol. The van der Waals surface area contributed by atoms with Gasteiger partial charge in [-0.3, -0.25) is 0 Å². The van der Waals surface area contributed by atoms with Crippen LogP contribution in [0.5, 0.6) is 0 Å². The second-order valence-corrected chi connectivity index (χ2v) is 5.70. The highest BCUT2D eigenvalue weighted by Gasteiger charge is 2.23. The lowest BCUT2D eigenvalue weighted by Gasteiger charge is -2.28. The van der Waals surface area contributed by atoms with Crippen molar-refractivity contribution in [2.75, 3.05) is 0 Å². The van der Waals surface area contributed by atoms with E-state index >= 15 is 0 Å². The van der Waals surface area contributed by atoms with Gasteiger partial charge in [-0.15, -0.1) is 0 Å². The Morgan fingerprint density at radius 3 is 2.61 bits per heavy atom. The zero-order valence-corrected chi connectivity index (χ0v) is 11.1. The van der Waals surface area contributed by atoms with Crippen LogP contribution < -0.4 is 0 Å². The van der Waals surface area contributed by atoms with Crippen molar-refractivity contribution >= 4 is 17.0 Å². The monoisotopic (exact) mass is 246 g/mol. The van der Waals surface area contributed by atoms with E-state index in [2.05, 4.69) is 32.7 Å². The number of benzene rings is 1. The highest BCUT2D eigenvalue weighted by molar-refractivity contribution is 5.92. The number of nitrogens with zero attached hydrogens (tertiary/aromatic N) is 2. The minimum absolute atomic E-state index is 0.0901. The van der Waals surface area contributed by atoms with Crippen LogP contribution in [0, 0.1) is 5.41 Å². The van der Waals surface area contributed by atoms with Gasteiger partial charge in [0.15, 0.2) is 0 Å². The van der Waals surface area contributed by atoms with E-state index in [0.717, 1.165) is 11.0 Å². The minimum Gasteiger partial charge on any atom is -0.478 e. The highest BCUT2D eigenvalue weighted by atomic mass is 16.4. The summed E-state index contributed by atoms with van der Waals surface area (Å²) in [4.78, 5) is 15.3. The lowest BCUT2D eigenvalue weighted by Crippen LogP contribution is -2.20. The Hall–Kier alpha value is -1.84. The summed E-state index contributed by atoms with van der Waals surface area (Å²) in [6.45, 7) is 8.59. The van der Waals surface area contributed by atoms with Crippen molar-refractivity contribution in [2.24, 2.45) is 5.41 Å². The molecule has 2 aromatic rings. The molecule has 1 atom stereocenters. The van der Waals surface area contributed by atoms with Crippen LogP contribution in [0.2, 0.25) is 0 Å². The average molecular weight is 246 g/mol. The van der Waals surface area contributed by atoms with Gasteiger partial charge in [-0.2, -0.15) is 0 Å². The van der Waals surface area contributed by atoms with Gasteiger partial charge < -0.3 is 9.67 Å². The van der Waals surface area contributed by atoms with Crippen molar-refractivity contribution in [1.82, 2.24) is 9.55 Å². The van der Waals surface area contributed by atoms with E-state index in [-0.39, 0.29) is 11.5 Å². The van der Waals surface area contributed by atoms with Crippen molar-refractivity contribution in [2.45, 2.75) is 33.7 Å². The van der Waals surface area contributed by atoms with Crippen LogP contribution in [0.15, 0.2) is 24.5 Å². The molecule has 4 nitrogen and oxygen atoms in total. The van der Waals surface area contributed by atoms with Crippen LogP contribution in [0.1, 0.15) is 44.1 Å². The maximum absolute atomic E-state index is 11.0. The van der Waals surface area contributed by atoms with Crippen LogP contribution in [-0.2, 0) is 0 Å². The minimum atomic E-state index is -0.909. The quantitative estimate of drug-likeness (QED) is 0.884. The number of hydrogen-bond donors (Lipinski definition) is 1. The Kier molecular flexibility index (Phi) is 2.89. The molecule has 0 fully saturated rings. The highest BCUT2D eigenvalue weighted by Crippen LogP contribution is 2.32. The Balaban J connectivity index is 2.59. The summed E-state index contributed by atoms with van der Waals surface area (Å²) in [5, 5.41) is 9.04. The molecule has 4 heteroatoms. The molecule has 0 radical (unpaired) electrons. The molecule has 0 aliphatic carbocycles. The van der Waals surface area contributed by atoms with Crippen molar-refractivity contribution in [3.63, 3.8) is 0 Å². The second-order valence-electron chi connectivity index (χ2n) is 5.70. The summed E-state index contributed by atoms with van der Waals surface area (Å²) < 4.78 is 2.04. The van der Waals surface area contributed by atoms with Crippen molar-refractivity contribution < 1.29 is 9.90 Å². The smallest absolute Gasteiger partial charge is 0.335 e. The molecular weight excluding hydrogens is 228 g/mol. The van der Waals surface area contributed by atoms with Gasteiger partial charge in [0.25, 0.3) is 0 Å². The molecule has 0 saturated heterocycles. The molecule has 1 N–H and O–H groups in total. The van der Waals surface area contributed by atoms with Gasteiger partial charge in [0.1, 0.15) is 0 Å². The number of carbonyl (C=O) groups is 1. The van der Waals surface area contributed by atoms with E-state index < -0.39 is 5.97 Å². The third-order valence-corrected chi connectivity index (χ3v) is 3.49. The van der Waals surface area contributed by atoms with Gasteiger partial charge in [-0.1, -0.05) is 20.8 Å². The van der Waals surface area contributed by atoms with Gasteiger partial charge in [-0.25, -0.2) is 9.78 Å². The molecule has 1 aromatic heterocycles. The Bertz CT molecular complexity index is 593. The molecule has 0 amide bonds. The molecule has 1 unspecified atom stereocenters. The van der Waals surface area contributed by atoms with E-state index in [1.807, 2.05) is 4.57 Å². The molecule has 0 aliphatic rings. The first kappa shape index (κ1) is 12.6. The predicted octanol–water partition coefficient (Wildman–Crippen LogP) is 3.34. The molecule has 0 spiro atoms. The van der Waals surface area contributed by atoms with Crippen LogP contribution >= 0.6 is 0 Å². The fourth-order valence-electron chi connectivity index (χ4n) is 1.88. The summed E-state index contributed by atoms with van der Waals surface area (Å²) in [5.41, 5.74) is 2.09. The van der Waals surface area contributed by atoms with E-state index in [1.54, 1.807) is 24.5 Å². The van der Waals surface area contributed by atoms with Crippen molar-refractivity contribution in [1.29, 1.82) is 0 Å². The summed E-state index contributed by atoms with van der Waals surface area (Å²) in [6.07, 6.45) is 1.78. The largest absolute Gasteiger partial charge is 0.478 e. The standard InChI is InChI=1S/C14H18N2O2/c1-9(14(2,3)4)16-8-15-11-6-5-10(13(17)18)7-12(11)16/h5-9H,1-4H3,(H,17,18). The topological polar surface area (TPSA) is 55.1 Å². The molecule has 1 aromatic carbocycles. The Morgan fingerprint density at radius 1 is 1.39 bits per heavy atom. The number of hydrogen-bond acceptors (Lipinski definition) is 2. The lowest BCUT2D eigenvalue weighted by atomic mass is 9.88. The molecule has 0 saturated carbocycles. The van der Waals surface area contributed by atoms with E-state index in [9.17, 15) is 4.79 Å². The number of rotatable bonds is 2. The average Bonchev–Trinajstić information content (AvgIpc) is 2.68. The summed E-state index contributed by atoms with van der Waals surface area (Å²) >= 11 is 0. The first-order chi connectivity index (χ1) is 8.30. The number of carboxylic acids is 1. The summed E-state index contributed by atoms with van der Waals surface area (Å²) in [6, 6.07) is 5.27. The first-order valence-corrected chi connectivity index (χ1v) is 6.00. The van der Waals surface area contributed by atoms with Gasteiger partial charge in [0.2, 0.25) is 0 Å².